The van der Waals surface area contributed by atoms with E-state index in [1.807, 2.05) is 24.3 Å². The minimum atomic E-state index is -0.444. The van der Waals surface area contributed by atoms with Gasteiger partial charge in [-0.3, -0.25) is 0 Å². The molecule has 0 aromatic heterocycles. The minimum Gasteiger partial charge on any atom is -0.493 e. The molecule has 6 heteroatoms. The highest BCUT2D eigenvalue weighted by Gasteiger charge is 2.12. The summed E-state index contributed by atoms with van der Waals surface area (Å²) in [7, 11) is 2.85. The van der Waals surface area contributed by atoms with E-state index >= 15 is 0 Å². The Kier molecular flexibility index (Phi) is 6.70. The number of esters is 1. The zero-order chi connectivity index (χ0) is 17.5. The van der Waals surface area contributed by atoms with Gasteiger partial charge in [-0.25, -0.2) is 4.79 Å². The third kappa shape index (κ3) is 5.01. The van der Waals surface area contributed by atoms with E-state index in [0.29, 0.717) is 28.7 Å². The highest BCUT2D eigenvalue weighted by Crippen LogP contribution is 2.37. The van der Waals surface area contributed by atoms with Crippen LogP contribution in [0.2, 0.25) is 5.02 Å². The predicted octanol–water partition coefficient (Wildman–Crippen LogP) is 4.88. The average molecular weight is 412 g/mol. The molecule has 4 nitrogen and oxygen atoms in total. The predicted molar refractivity (Wildman–Crippen MR) is 97.5 cm³/mol. The second-order valence-electron chi connectivity index (χ2n) is 4.81. The molecule has 0 radical (unpaired) electrons. The molecule has 0 bridgehead atoms. The molecule has 126 valence electrons. The van der Waals surface area contributed by atoms with Gasteiger partial charge in [-0.15, -0.1) is 0 Å². The van der Waals surface area contributed by atoms with Crippen molar-refractivity contribution >= 4 is 39.6 Å². The van der Waals surface area contributed by atoms with Crippen molar-refractivity contribution in [3.63, 3.8) is 0 Å². The summed E-state index contributed by atoms with van der Waals surface area (Å²) in [6, 6.07) is 11.2. The van der Waals surface area contributed by atoms with Crippen molar-refractivity contribution in [1.82, 2.24) is 0 Å². The number of halogens is 2. The number of benzene rings is 2. The number of rotatable bonds is 6. The van der Waals surface area contributed by atoms with Crippen LogP contribution in [0.1, 0.15) is 11.1 Å². The van der Waals surface area contributed by atoms with Gasteiger partial charge in [-0.2, -0.15) is 0 Å². The summed E-state index contributed by atoms with van der Waals surface area (Å²) in [4.78, 5) is 11.2. The lowest BCUT2D eigenvalue weighted by Crippen LogP contribution is -1.99. The van der Waals surface area contributed by atoms with Gasteiger partial charge in [0.25, 0.3) is 0 Å². The molecule has 0 amide bonds. The third-order valence-electron chi connectivity index (χ3n) is 3.14. The van der Waals surface area contributed by atoms with Gasteiger partial charge < -0.3 is 14.2 Å². The highest BCUT2D eigenvalue weighted by atomic mass is 79.9. The average Bonchev–Trinajstić information content (AvgIpc) is 2.58. The fourth-order valence-corrected chi connectivity index (χ4v) is 2.71. The van der Waals surface area contributed by atoms with Gasteiger partial charge in [-0.1, -0.05) is 39.7 Å². The monoisotopic (exact) mass is 410 g/mol. The Morgan fingerprint density at radius 3 is 2.71 bits per heavy atom. The van der Waals surface area contributed by atoms with Crippen molar-refractivity contribution < 1.29 is 19.0 Å². The fraction of sp³-hybridized carbons (Fsp3) is 0.167. The van der Waals surface area contributed by atoms with Gasteiger partial charge >= 0.3 is 5.97 Å². The molecule has 2 aromatic rings. The molecular formula is C18H16BrClO4. The van der Waals surface area contributed by atoms with Crippen molar-refractivity contribution in [3.8, 4) is 11.5 Å². The molecule has 0 spiro atoms. The van der Waals surface area contributed by atoms with E-state index in [1.54, 1.807) is 18.2 Å². The van der Waals surface area contributed by atoms with Crippen LogP contribution in [0.5, 0.6) is 11.5 Å². The Labute approximate surface area is 154 Å². The first-order chi connectivity index (χ1) is 11.5. The normalized spacial score (nSPS) is 10.7. The summed E-state index contributed by atoms with van der Waals surface area (Å²) in [5.41, 5.74) is 1.70. The van der Waals surface area contributed by atoms with E-state index in [4.69, 9.17) is 21.1 Å². The third-order valence-corrected chi connectivity index (χ3v) is 3.91. The van der Waals surface area contributed by atoms with Gasteiger partial charge in [0.05, 0.1) is 19.2 Å². The smallest absolute Gasteiger partial charge is 0.330 e. The van der Waals surface area contributed by atoms with Crippen molar-refractivity contribution in [3.05, 3.63) is 63.1 Å². The van der Waals surface area contributed by atoms with Crippen LogP contribution in [0.4, 0.5) is 0 Å². The van der Waals surface area contributed by atoms with Crippen LogP contribution in [0.25, 0.3) is 6.08 Å². The lowest BCUT2D eigenvalue weighted by atomic mass is 10.2. The maximum absolute atomic E-state index is 11.2. The van der Waals surface area contributed by atoms with E-state index in [1.165, 1.54) is 20.3 Å². The van der Waals surface area contributed by atoms with E-state index in [9.17, 15) is 4.79 Å². The van der Waals surface area contributed by atoms with E-state index < -0.39 is 5.97 Å². The SMILES string of the molecule is COC(=O)/C=C/c1cc(Cl)c(OCc2cccc(Br)c2)c(OC)c1. The number of ether oxygens (including phenoxy) is 3. The Balaban J connectivity index is 2.20. The highest BCUT2D eigenvalue weighted by molar-refractivity contribution is 9.10. The van der Waals surface area contributed by atoms with E-state index in [2.05, 4.69) is 20.7 Å². The van der Waals surface area contributed by atoms with Crippen LogP contribution >= 0.6 is 27.5 Å². The number of hydrogen-bond donors (Lipinski definition) is 0. The van der Waals surface area contributed by atoms with Crippen LogP contribution in [0.15, 0.2) is 46.9 Å². The first kappa shape index (κ1) is 18.4. The maximum Gasteiger partial charge on any atom is 0.330 e. The zero-order valence-electron chi connectivity index (χ0n) is 13.2. The van der Waals surface area contributed by atoms with Gasteiger partial charge in [0.1, 0.15) is 6.61 Å². The Bertz CT molecular complexity index is 759. The van der Waals surface area contributed by atoms with Crippen molar-refractivity contribution in [1.29, 1.82) is 0 Å². The number of carbonyl (C=O) groups is 1. The molecule has 0 heterocycles. The van der Waals surface area contributed by atoms with Crippen LogP contribution in [-0.4, -0.2) is 20.2 Å². The van der Waals surface area contributed by atoms with Gasteiger partial charge in [0, 0.05) is 10.5 Å². The molecule has 0 unspecified atom stereocenters. The molecule has 0 N–H and O–H groups in total. The van der Waals surface area contributed by atoms with Crippen LogP contribution in [0, 0.1) is 0 Å². The zero-order valence-corrected chi connectivity index (χ0v) is 15.6. The quantitative estimate of drug-likeness (QED) is 0.502. The molecule has 0 aliphatic heterocycles. The number of carbonyl (C=O) groups excluding carboxylic acids is 1. The minimum absolute atomic E-state index is 0.354. The maximum atomic E-state index is 11.2. The Hall–Kier alpha value is -1.98. The second kappa shape index (κ2) is 8.76. The van der Waals surface area contributed by atoms with E-state index in [-0.39, 0.29) is 0 Å². The molecule has 0 saturated heterocycles. The molecular weight excluding hydrogens is 396 g/mol. The lowest BCUT2D eigenvalue weighted by molar-refractivity contribution is -0.134. The van der Waals surface area contributed by atoms with Gasteiger partial charge in [0.15, 0.2) is 11.5 Å². The summed E-state index contributed by atoms with van der Waals surface area (Å²) < 4.78 is 16.7. The lowest BCUT2D eigenvalue weighted by Gasteiger charge is -2.13. The molecule has 0 atom stereocenters. The van der Waals surface area contributed by atoms with Crippen LogP contribution in [0.3, 0.4) is 0 Å². The largest absolute Gasteiger partial charge is 0.493 e. The van der Waals surface area contributed by atoms with Crippen molar-refractivity contribution in [2.45, 2.75) is 6.61 Å². The summed E-state index contributed by atoms with van der Waals surface area (Å²) in [5, 5.41) is 0.397. The molecule has 0 saturated carbocycles. The Morgan fingerprint density at radius 2 is 2.04 bits per heavy atom. The first-order valence-corrected chi connectivity index (χ1v) is 8.21. The standard InChI is InChI=1S/C18H16BrClO4/c1-22-16-10-12(6-7-17(21)23-2)9-15(20)18(16)24-11-13-4-3-5-14(19)8-13/h3-10H,11H2,1-2H3/b7-6+. The molecule has 0 aliphatic carbocycles. The number of hydrogen-bond acceptors (Lipinski definition) is 4. The fourth-order valence-electron chi connectivity index (χ4n) is 1.99. The van der Waals surface area contributed by atoms with Gasteiger partial charge in [0.2, 0.25) is 0 Å². The van der Waals surface area contributed by atoms with Crippen molar-refractivity contribution in [2.24, 2.45) is 0 Å². The van der Waals surface area contributed by atoms with Crippen LogP contribution < -0.4 is 9.47 Å². The molecule has 24 heavy (non-hydrogen) atoms. The summed E-state index contributed by atoms with van der Waals surface area (Å²) in [5.74, 6) is 0.497. The molecule has 2 aromatic carbocycles. The topological polar surface area (TPSA) is 44.8 Å². The van der Waals surface area contributed by atoms with Gasteiger partial charge in [-0.05, 0) is 41.5 Å². The summed E-state index contributed by atoms with van der Waals surface area (Å²) in [6.07, 6.45) is 2.91. The van der Waals surface area contributed by atoms with Crippen LogP contribution in [-0.2, 0) is 16.1 Å². The first-order valence-electron chi connectivity index (χ1n) is 7.04. The summed E-state index contributed by atoms with van der Waals surface area (Å²) >= 11 is 9.72. The summed E-state index contributed by atoms with van der Waals surface area (Å²) in [6.45, 7) is 0.354. The molecule has 0 fully saturated rings. The van der Waals surface area contributed by atoms with Crippen molar-refractivity contribution in [2.75, 3.05) is 14.2 Å². The molecule has 2 rings (SSSR count). The number of methoxy groups -OCH3 is 2. The second-order valence-corrected chi connectivity index (χ2v) is 6.13. The van der Waals surface area contributed by atoms with E-state index in [0.717, 1.165) is 10.0 Å². The molecule has 0 aliphatic rings. The Morgan fingerprint density at radius 1 is 1.25 bits per heavy atom.